The number of rotatable bonds is 9. The summed E-state index contributed by atoms with van der Waals surface area (Å²) in [6, 6.07) is 18.1. The van der Waals surface area contributed by atoms with Crippen LogP contribution in [-0.2, 0) is 11.2 Å². The van der Waals surface area contributed by atoms with Gasteiger partial charge in [-0.25, -0.2) is 0 Å². The van der Waals surface area contributed by atoms with Gasteiger partial charge in [-0.15, -0.1) is 0 Å². The minimum Gasteiger partial charge on any atom is -0.481 e. The maximum absolute atomic E-state index is 12.4. The number of carbonyl (C=O) groups excluding carboxylic acids is 1. The second-order valence-corrected chi connectivity index (χ2v) is 6.06. The first-order valence-corrected chi connectivity index (χ1v) is 8.93. The van der Waals surface area contributed by atoms with Crippen LogP contribution in [-0.4, -0.2) is 32.1 Å². The molecule has 25 heavy (non-hydrogen) atoms. The van der Waals surface area contributed by atoms with Crippen LogP contribution in [0, 0.1) is 0 Å². The van der Waals surface area contributed by atoms with Crippen LogP contribution in [0.4, 0.5) is 5.69 Å². The van der Waals surface area contributed by atoms with E-state index in [1.54, 1.807) is 0 Å². The zero-order valence-corrected chi connectivity index (χ0v) is 15.4. The summed E-state index contributed by atoms with van der Waals surface area (Å²) in [6.45, 7) is 5.40. The molecule has 0 bridgehead atoms. The fourth-order valence-corrected chi connectivity index (χ4v) is 2.56. The third-order valence-electron chi connectivity index (χ3n) is 4.22. The molecule has 0 aliphatic rings. The lowest BCUT2D eigenvalue weighted by Crippen LogP contribution is -2.41. The number of amides is 1. The predicted octanol–water partition coefficient (Wildman–Crippen LogP) is 3.66. The van der Waals surface area contributed by atoms with Crippen LogP contribution >= 0.6 is 0 Å². The van der Waals surface area contributed by atoms with Crippen molar-refractivity contribution in [3.63, 3.8) is 0 Å². The Morgan fingerprint density at radius 2 is 1.76 bits per heavy atom. The van der Waals surface area contributed by atoms with Crippen LogP contribution in [0.2, 0.25) is 0 Å². The highest BCUT2D eigenvalue weighted by Gasteiger charge is 2.18. The number of nitrogens with zero attached hydrogens (tertiary/aromatic N) is 1. The van der Waals surface area contributed by atoms with Gasteiger partial charge in [0.25, 0.3) is 5.91 Å². The van der Waals surface area contributed by atoms with Crippen LogP contribution in [0.3, 0.4) is 0 Å². The van der Waals surface area contributed by atoms with Gasteiger partial charge >= 0.3 is 0 Å². The van der Waals surface area contributed by atoms with Crippen molar-refractivity contribution in [3.05, 3.63) is 60.2 Å². The van der Waals surface area contributed by atoms with E-state index in [-0.39, 0.29) is 5.91 Å². The second kappa shape index (κ2) is 9.72. The largest absolute Gasteiger partial charge is 0.481 e. The molecule has 0 heterocycles. The number of carbonyl (C=O) groups is 1. The number of para-hydroxylation sites is 1. The number of hydrogen-bond donors (Lipinski definition) is 1. The van der Waals surface area contributed by atoms with Crippen molar-refractivity contribution in [2.24, 2.45) is 0 Å². The van der Waals surface area contributed by atoms with E-state index in [9.17, 15) is 4.79 Å². The molecule has 2 rings (SSSR count). The van der Waals surface area contributed by atoms with Crippen molar-refractivity contribution in [1.82, 2.24) is 5.32 Å². The van der Waals surface area contributed by atoms with Crippen LogP contribution in [0.5, 0.6) is 5.75 Å². The molecule has 4 heteroatoms. The highest BCUT2D eigenvalue weighted by Crippen LogP contribution is 2.15. The van der Waals surface area contributed by atoms with E-state index in [2.05, 4.69) is 29.3 Å². The van der Waals surface area contributed by atoms with Gasteiger partial charge in [0.1, 0.15) is 5.75 Å². The number of benzene rings is 2. The Balaban J connectivity index is 1.81. The smallest absolute Gasteiger partial charge is 0.261 e. The zero-order chi connectivity index (χ0) is 18.1. The monoisotopic (exact) mass is 340 g/mol. The van der Waals surface area contributed by atoms with Gasteiger partial charge < -0.3 is 15.0 Å². The van der Waals surface area contributed by atoms with Gasteiger partial charge in [0.15, 0.2) is 6.10 Å². The van der Waals surface area contributed by atoms with Crippen molar-refractivity contribution in [3.8, 4) is 5.75 Å². The summed E-state index contributed by atoms with van der Waals surface area (Å²) < 4.78 is 5.84. The fraction of sp³-hybridized carbons (Fsp3) is 0.381. The van der Waals surface area contributed by atoms with Gasteiger partial charge in [-0.05, 0) is 42.7 Å². The van der Waals surface area contributed by atoms with Crippen LogP contribution < -0.4 is 15.0 Å². The third kappa shape index (κ3) is 5.82. The van der Waals surface area contributed by atoms with E-state index in [1.165, 1.54) is 5.56 Å². The van der Waals surface area contributed by atoms with Crippen molar-refractivity contribution in [2.75, 3.05) is 25.0 Å². The topological polar surface area (TPSA) is 41.6 Å². The molecule has 0 unspecified atom stereocenters. The Morgan fingerprint density at radius 1 is 1.08 bits per heavy atom. The van der Waals surface area contributed by atoms with Crippen LogP contribution in [0.25, 0.3) is 0 Å². The average molecular weight is 340 g/mol. The molecule has 1 N–H and O–H groups in total. The molecule has 0 aromatic heterocycles. The first-order valence-electron chi connectivity index (χ1n) is 8.93. The lowest BCUT2D eigenvalue weighted by Gasteiger charge is -2.21. The van der Waals surface area contributed by atoms with E-state index in [0.717, 1.165) is 24.4 Å². The van der Waals surface area contributed by atoms with E-state index in [0.29, 0.717) is 13.0 Å². The van der Waals surface area contributed by atoms with Gasteiger partial charge in [0, 0.05) is 25.8 Å². The summed E-state index contributed by atoms with van der Waals surface area (Å²) >= 11 is 0. The SMILES string of the molecule is CCc1ccc(O[C@H](CC)C(=O)NCCN(C)c2ccccc2)cc1. The molecule has 0 spiro atoms. The zero-order valence-electron chi connectivity index (χ0n) is 15.4. The molecule has 1 amide bonds. The molecule has 4 nitrogen and oxygen atoms in total. The van der Waals surface area contributed by atoms with Crippen molar-refractivity contribution in [1.29, 1.82) is 0 Å². The highest BCUT2D eigenvalue weighted by atomic mass is 16.5. The van der Waals surface area contributed by atoms with Gasteiger partial charge in [-0.1, -0.05) is 44.2 Å². The molecule has 0 fully saturated rings. The number of likely N-dealkylation sites (N-methyl/N-ethyl adjacent to an activating group) is 1. The lowest BCUT2D eigenvalue weighted by molar-refractivity contribution is -0.128. The molecule has 2 aromatic rings. The van der Waals surface area contributed by atoms with E-state index in [1.807, 2.05) is 56.4 Å². The number of hydrogen-bond acceptors (Lipinski definition) is 3. The van der Waals surface area contributed by atoms with Gasteiger partial charge in [0.05, 0.1) is 0 Å². The summed E-state index contributed by atoms with van der Waals surface area (Å²) in [5.41, 5.74) is 2.39. The van der Waals surface area contributed by atoms with Gasteiger partial charge in [-0.2, -0.15) is 0 Å². The summed E-state index contributed by atoms with van der Waals surface area (Å²) in [5.74, 6) is 0.670. The number of aryl methyl sites for hydroxylation is 1. The average Bonchev–Trinajstić information content (AvgIpc) is 2.67. The molecule has 0 saturated heterocycles. The number of ether oxygens (including phenoxy) is 1. The van der Waals surface area contributed by atoms with E-state index < -0.39 is 6.10 Å². The number of anilines is 1. The van der Waals surface area contributed by atoms with Crippen LogP contribution in [0.15, 0.2) is 54.6 Å². The standard InChI is InChI=1S/C21H28N2O2/c1-4-17-11-13-19(14-12-17)25-20(5-2)21(24)22-15-16-23(3)18-9-7-6-8-10-18/h6-14,20H,4-5,15-16H2,1-3H3,(H,22,24)/t20-/m1/s1. The minimum absolute atomic E-state index is 0.0662. The molecular weight excluding hydrogens is 312 g/mol. The Morgan fingerprint density at radius 3 is 2.36 bits per heavy atom. The lowest BCUT2D eigenvalue weighted by atomic mass is 10.2. The first kappa shape index (κ1) is 18.8. The molecule has 134 valence electrons. The Hall–Kier alpha value is -2.49. The summed E-state index contributed by atoms with van der Waals surface area (Å²) in [5, 5.41) is 2.97. The normalized spacial score (nSPS) is 11.6. The summed E-state index contributed by atoms with van der Waals surface area (Å²) in [7, 11) is 2.02. The third-order valence-corrected chi connectivity index (χ3v) is 4.22. The molecular formula is C21H28N2O2. The maximum Gasteiger partial charge on any atom is 0.261 e. The molecule has 0 saturated carbocycles. The molecule has 0 radical (unpaired) electrons. The summed E-state index contributed by atoms with van der Waals surface area (Å²) in [4.78, 5) is 14.5. The predicted molar refractivity (Wildman–Crippen MR) is 103 cm³/mol. The Kier molecular flexibility index (Phi) is 7.33. The van der Waals surface area contributed by atoms with Crippen molar-refractivity contribution < 1.29 is 9.53 Å². The molecule has 1 atom stereocenters. The Bertz CT molecular complexity index is 641. The van der Waals surface area contributed by atoms with Crippen molar-refractivity contribution in [2.45, 2.75) is 32.8 Å². The van der Waals surface area contributed by atoms with Gasteiger partial charge in [0.2, 0.25) is 0 Å². The number of nitrogens with one attached hydrogen (secondary N) is 1. The van der Waals surface area contributed by atoms with E-state index >= 15 is 0 Å². The highest BCUT2D eigenvalue weighted by molar-refractivity contribution is 5.81. The minimum atomic E-state index is -0.463. The Labute approximate surface area is 150 Å². The summed E-state index contributed by atoms with van der Waals surface area (Å²) in [6.07, 6.45) is 1.16. The van der Waals surface area contributed by atoms with Gasteiger partial charge in [-0.3, -0.25) is 4.79 Å². The van der Waals surface area contributed by atoms with Crippen LogP contribution in [0.1, 0.15) is 25.8 Å². The first-order chi connectivity index (χ1) is 12.1. The second-order valence-electron chi connectivity index (χ2n) is 6.06. The molecule has 0 aliphatic carbocycles. The van der Waals surface area contributed by atoms with E-state index in [4.69, 9.17) is 4.74 Å². The molecule has 2 aromatic carbocycles. The van der Waals surface area contributed by atoms with Crippen molar-refractivity contribution >= 4 is 11.6 Å². The molecule has 0 aliphatic heterocycles. The maximum atomic E-state index is 12.4. The quantitative estimate of drug-likeness (QED) is 0.757. The fourth-order valence-electron chi connectivity index (χ4n) is 2.56.